The Morgan fingerprint density at radius 2 is 2.20 bits per heavy atom. The lowest BCUT2D eigenvalue weighted by molar-refractivity contribution is -0.0383. The predicted octanol–water partition coefficient (Wildman–Crippen LogP) is -0.389. The number of rotatable bonds is 2. The fraction of sp³-hybridized carbons (Fsp3) is 1.00. The molecule has 2 rings (SSSR count). The summed E-state index contributed by atoms with van der Waals surface area (Å²) in [6, 6.07) is 0.625. The van der Waals surface area contributed by atoms with E-state index in [1.54, 1.807) is 0 Å². The molecule has 0 aromatic rings. The van der Waals surface area contributed by atoms with E-state index >= 15 is 0 Å². The van der Waals surface area contributed by atoms with Crippen molar-refractivity contribution in [1.82, 2.24) is 15.1 Å². The molecule has 0 radical (unpaired) electrons. The zero-order valence-electron chi connectivity index (χ0n) is 9.91. The average Bonchev–Trinajstić information content (AvgIpc) is 2.17. The van der Waals surface area contributed by atoms with Crippen LogP contribution in [-0.4, -0.2) is 74.9 Å². The van der Waals surface area contributed by atoms with Crippen LogP contribution in [-0.2, 0) is 4.74 Å². The Morgan fingerprint density at radius 3 is 2.93 bits per heavy atom. The van der Waals surface area contributed by atoms with Crippen molar-refractivity contribution in [2.45, 2.75) is 19.1 Å². The molecule has 2 aliphatic heterocycles. The van der Waals surface area contributed by atoms with Gasteiger partial charge in [0.1, 0.15) is 0 Å². The van der Waals surface area contributed by atoms with Gasteiger partial charge in [-0.1, -0.05) is 0 Å². The van der Waals surface area contributed by atoms with E-state index in [9.17, 15) is 0 Å². The minimum atomic E-state index is 0.411. The lowest BCUT2D eigenvalue weighted by Crippen LogP contribution is -2.53. The van der Waals surface area contributed by atoms with Crippen molar-refractivity contribution in [1.29, 1.82) is 0 Å². The highest BCUT2D eigenvalue weighted by molar-refractivity contribution is 4.79. The van der Waals surface area contributed by atoms with Crippen LogP contribution in [0.15, 0.2) is 0 Å². The van der Waals surface area contributed by atoms with Gasteiger partial charge in [0.2, 0.25) is 0 Å². The summed E-state index contributed by atoms with van der Waals surface area (Å²) in [6.07, 6.45) is 0.411. The third-order valence-corrected chi connectivity index (χ3v) is 3.26. The number of hydrogen-bond acceptors (Lipinski definition) is 4. The van der Waals surface area contributed by atoms with E-state index in [2.05, 4.69) is 29.1 Å². The van der Waals surface area contributed by atoms with Gasteiger partial charge in [0.15, 0.2) is 0 Å². The maximum absolute atomic E-state index is 5.78. The van der Waals surface area contributed by atoms with Crippen molar-refractivity contribution in [2.75, 3.05) is 52.9 Å². The van der Waals surface area contributed by atoms with E-state index in [0.29, 0.717) is 12.1 Å². The SMILES string of the molecule is C[C@H]1CN(C[C@@H]2CN(C)CCO2)CCN1. The molecule has 0 aliphatic carbocycles. The molecule has 0 amide bonds. The molecular formula is C11H23N3O. The molecule has 15 heavy (non-hydrogen) atoms. The molecule has 88 valence electrons. The molecule has 0 unspecified atom stereocenters. The first-order valence-electron chi connectivity index (χ1n) is 6.00. The van der Waals surface area contributed by atoms with Crippen molar-refractivity contribution >= 4 is 0 Å². The van der Waals surface area contributed by atoms with Gasteiger partial charge < -0.3 is 15.0 Å². The second-order valence-corrected chi connectivity index (χ2v) is 4.87. The Kier molecular flexibility index (Phi) is 3.97. The zero-order chi connectivity index (χ0) is 10.7. The molecule has 2 aliphatic rings. The van der Waals surface area contributed by atoms with Crippen LogP contribution in [0.2, 0.25) is 0 Å². The van der Waals surface area contributed by atoms with Gasteiger partial charge >= 0.3 is 0 Å². The fourth-order valence-electron chi connectivity index (χ4n) is 2.44. The minimum absolute atomic E-state index is 0.411. The molecule has 1 N–H and O–H groups in total. The number of piperazine rings is 1. The number of nitrogens with one attached hydrogen (secondary N) is 1. The molecule has 4 nitrogen and oxygen atoms in total. The van der Waals surface area contributed by atoms with Crippen LogP contribution in [0.5, 0.6) is 0 Å². The number of morpholine rings is 1. The number of hydrogen-bond donors (Lipinski definition) is 1. The Balaban J connectivity index is 1.75. The van der Waals surface area contributed by atoms with Crippen LogP contribution < -0.4 is 5.32 Å². The van der Waals surface area contributed by atoms with E-state index < -0.39 is 0 Å². The Morgan fingerprint density at radius 1 is 1.33 bits per heavy atom. The molecule has 0 saturated carbocycles. The number of ether oxygens (including phenoxy) is 1. The second-order valence-electron chi connectivity index (χ2n) is 4.87. The van der Waals surface area contributed by atoms with Crippen LogP contribution in [0.3, 0.4) is 0 Å². The van der Waals surface area contributed by atoms with Crippen LogP contribution >= 0.6 is 0 Å². The normalized spacial score (nSPS) is 35.6. The standard InChI is InChI=1S/C11H23N3O/c1-10-7-14(4-3-12-10)9-11-8-13(2)5-6-15-11/h10-12H,3-9H2,1-2H3/t10-,11-/m0/s1. The molecule has 0 spiro atoms. The summed E-state index contributed by atoms with van der Waals surface area (Å²) in [5.74, 6) is 0. The van der Waals surface area contributed by atoms with E-state index in [0.717, 1.165) is 45.9 Å². The van der Waals surface area contributed by atoms with Gasteiger partial charge in [-0.15, -0.1) is 0 Å². The maximum atomic E-state index is 5.78. The first kappa shape index (κ1) is 11.3. The summed E-state index contributed by atoms with van der Waals surface area (Å²) in [5, 5.41) is 3.47. The Hall–Kier alpha value is -0.160. The highest BCUT2D eigenvalue weighted by atomic mass is 16.5. The van der Waals surface area contributed by atoms with E-state index in [1.807, 2.05) is 0 Å². The summed E-state index contributed by atoms with van der Waals surface area (Å²) in [5.41, 5.74) is 0. The Bertz CT molecular complexity index is 180. The van der Waals surface area contributed by atoms with E-state index in [-0.39, 0.29) is 0 Å². The molecule has 4 heteroatoms. The molecule has 0 aromatic carbocycles. The van der Waals surface area contributed by atoms with E-state index in [1.165, 1.54) is 0 Å². The third-order valence-electron chi connectivity index (χ3n) is 3.26. The highest BCUT2D eigenvalue weighted by Crippen LogP contribution is 2.07. The maximum Gasteiger partial charge on any atom is 0.0829 e. The summed E-state index contributed by atoms with van der Waals surface area (Å²) in [6.45, 7) is 9.83. The van der Waals surface area contributed by atoms with Crippen molar-refractivity contribution in [2.24, 2.45) is 0 Å². The summed E-state index contributed by atoms with van der Waals surface area (Å²) < 4.78 is 5.78. The van der Waals surface area contributed by atoms with Crippen LogP contribution in [0, 0.1) is 0 Å². The van der Waals surface area contributed by atoms with Crippen molar-refractivity contribution < 1.29 is 4.74 Å². The first-order valence-corrected chi connectivity index (χ1v) is 6.00. The highest BCUT2D eigenvalue weighted by Gasteiger charge is 2.23. The number of nitrogens with zero attached hydrogens (tertiary/aromatic N) is 2. The van der Waals surface area contributed by atoms with Crippen LogP contribution in [0.25, 0.3) is 0 Å². The summed E-state index contributed by atoms with van der Waals surface area (Å²) >= 11 is 0. The second kappa shape index (κ2) is 5.25. The molecule has 2 saturated heterocycles. The monoisotopic (exact) mass is 213 g/mol. The lowest BCUT2D eigenvalue weighted by Gasteiger charge is -2.37. The average molecular weight is 213 g/mol. The molecule has 0 bridgehead atoms. The predicted molar refractivity (Wildman–Crippen MR) is 61.1 cm³/mol. The van der Waals surface area contributed by atoms with Crippen molar-refractivity contribution in [3.63, 3.8) is 0 Å². The Labute approximate surface area is 92.6 Å². The van der Waals surface area contributed by atoms with Gasteiger partial charge in [-0.3, -0.25) is 4.90 Å². The first-order chi connectivity index (χ1) is 7.24. The lowest BCUT2D eigenvalue weighted by atomic mass is 10.2. The van der Waals surface area contributed by atoms with Gasteiger partial charge in [0.05, 0.1) is 12.7 Å². The smallest absolute Gasteiger partial charge is 0.0829 e. The molecule has 2 heterocycles. The zero-order valence-corrected chi connectivity index (χ0v) is 9.91. The number of likely N-dealkylation sites (N-methyl/N-ethyl adjacent to an activating group) is 1. The van der Waals surface area contributed by atoms with Gasteiger partial charge in [-0.05, 0) is 14.0 Å². The van der Waals surface area contributed by atoms with E-state index in [4.69, 9.17) is 4.74 Å². The fourth-order valence-corrected chi connectivity index (χ4v) is 2.44. The molecular weight excluding hydrogens is 190 g/mol. The molecule has 2 fully saturated rings. The van der Waals surface area contributed by atoms with Gasteiger partial charge in [0.25, 0.3) is 0 Å². The van der Waals surface area contributed by atoms with Gasteiger partial charge in [-0.2, -0.15) is 0 Å². The van der Waals surface area contributed by atoms with Crippen molar-refractivity contribution in [3.05, 3.63) is 0 Å². The molecule has 2 atom stereocenters. The topological polar surface area (TPSA) is 27.7 Å². The van der Waals surface area contributed by atoms with Gasteiger partial charge in [0, 0.05) is 45.3 Å². The van der Waals surface area contributed by atoms with Crippen molar-refractivity contribution in [3.8, 4) is 0 Å². The quantitative estimate of drug-likeness (QED) is 0.676. The largest absolute Gasteiger partial charge is 0.374 e. The van der Waals surface area contributed by atoms with Crippen LogP contribution in [0.1, 0.15) is 6.92 Å². The van der Waals surface area contributed by atoms with Gasteiger partial charge in [-0.25, -0.2) is 0 Å². The third kappa shape index (κ3) is 3.41. The van der Waals surface area contributed by atoms with Crippen LogP contribution in [0.4, 0.5) is 0 Å². The summed E-state index contributed by atoms with van der Waals surface area (Å²) in [7, 11) is 2.18. The minimum Gasteiger partial charge on any atom is -0.374 e. The molecule has 0 aromatic heterocycles. The summed E-state index contributed by atoms with van der Waals surface area (Å²) in [4.78, 5) is 4.88.